The van der Waals surface area contributed by atoms with Crippen molar-refractivity contribution in [1.29, 1.82) is 0 Å². The van der Waals surface area contributed by atoms with Gasteiger partial charge in [-0.05, 0) is 12.8 Å². The van der Waals surface area contributed by atoms with E-state index in [-0.39, 0.29) is 11.9 Å². The molecule has 5 heteroatoms. The molecule has 0 radical (unpaired) electrons. The lowest BCUT2D eigenvalue weighted by atomic mass is 9.90. The zero-order valence-corrected chi connectivity index (χ0v) is 10.9. The summed E-state index contributed by atoms with van der Waals surface area (Å²) < 4.78 is 22.5. The normalized spacial score (nSPS) is 33.0. The average molecular weight is 257 g/mol. The molecule has 1 atom stereocenters. The molecule has 2 aliphatic heterocycles. The van der Waals surface area contributed by atoms with Crippen molar-refractivity contribution in [3.63, 3.8) is 0 Å². The molecule has 1 spiro atoms. The molecule has 0 amide bonds. The highest BCUT2D eigenvalue weighted by atomic mass is 16.7. The molecule has 1 aliphatic carbocycles. The lowest BCUT2D eigenvalue weighted by Gasteiger charge is -2.36. The highest BCUT2D eigenvalue weighted by Crippen LogP contribution is 2.35. The number of hydrogen-bond acceptors (Lipinski definition) is 5. The molecular weight excluding hydrogens is 234 g/mol. The molecule has 3 aliphatic rings. The molecule has 0 bridgehead atoms. The van der Waals surface area contributed by atoms with Gasteiger partial charge in [0.1, 0.15) is 0 Å². The van der Waals surface area contributed by atoms with Gasteiger partial charge in [-0.15, -0.1) is 0 Å². The van der Waals surface area contributed by atoms with Gasteiger partial charge < -0.3 is 24.3 Å². The summed E-state index contributed by atoms with van der Waals surface area (Å²) in [5, 5.41) is 3.58. The van der Waals surface area contributed by atoms with Crippen molar-refractivity contribution in [2.45, 2.75) is 43.6 Å². The van der Waals surface area contributed by atoms with Crippen LogP contribution in [0.25, 0.3) is 0 Å². The first-order chi connectivity index (χ1) is 8.86. The second kappa shape index (κ2) is 5.84. The molecule has 5 nitrogen and oxygen atoms in total. The van der Waals surface area contributed by atoms with Crippen LogP contribution in [0, 0.1) is 0 Å². The summed E-state index contributed by atoms with van der Waals surface area (Å²) in [7, 11) is 0. The highest BCUT2D eigenvalue weighted by Gasteiger charge is 2.40. The fourth-order valence-electron chi connectivity index (χ4n) is 3.00. The number of rotatable bonds is 3. The van der Waals surface area contributed by atoms with Crippen LogP contribution in [0.15, 0.2) is 0 Å². The molecule has 1 N–H and O–H groups in total. The Morgan fingerprint density at radius 1 is 1.00 bits per heavy atom. The van der Waals surface area contributed by atoms with Gasteiger partial charge in [0.15, 0.2) is 5.79 Å². The molecule has 0 aromatic rings. The van der Waals surface area contributed by atoms with E-state index in [2.05, 4.69) is 5.32 Å². The van der Waals surface area contributed by atoms with Gasteiger partial charge in [0.2, 0.25) is 0 Å². The average Bonchev–Trinajstić information content (AvgIpc) is 2.88. The van der Waals surface area contributed by atoms with E-state index in [1.165, 1.54) is 0 Å². The summed E-state index contributed by atoms with van der Waals surface area (Å²) in [5.74, 6) is -0.247. The summed E-state index contributed by atoms with van der Waals surface area (Å²) in [6.45, 7) is 4.57. The third kappa shape index (κ3) is 3.03. The van der Waals surface area contributed by atoms with Gasteiger partial charge in [-0.1, -0.05) is 0 Å². The fourth-order valence-corrected chi connectivity index (χ4v) is 3.00. The smallest absolute Gasteiger partial charge is 0.168 e. The van der Waals surface area contributed by atoms with Gasteiger partial charge in [0.05, 0.1) is 39.1 Å². The van der Waals surface area contributed by atoms with Gasteiger partial charge in [-0.3, -0.25) is 0 Å². The van der Waals surface area contributed by atoms with E-state index in [4.69, 9.17) is 18.9 Å². The molecule has 0 aromatic carbocycles. The summed E-state index contributed by atoms with van der Waals surface area (Å²) in [4.78, 5) is 0. The second-order valence-corrected chi connectivity index (χ2v) is 5.36. The molecule has 3 rings (SSSR count). The third-order valence-corrected chi connectivity index (χ3v) is 4.08. The Bertz CT molecular complexity index is 252. The molecule has 2 heterocycles. The van der Waals surface area contributed by atoms with Crippen molar-refractivity contribution in [2.24, 2.45) is 0 Å². The van der Waals surface area contributed by atoms with Crippen LogP contribution in [-0.2, 0) is 18.9 Å². The van der Waals surface area contributed by atoms with Crippen LogP contribution in [-0.4, -0.2) is 57.5 Å². The van der Waals surface area contributed by atoms with Crippen LogP contribution in [0.5, 0.6) is 0 Å². The lowest BCUT2D eigenvalue weighted by molar-refractivity contribution is -0.179. The first kappa shape index (κ1) is 12.8. The van der Waals surface area contributed by atoms with Crippen LogP contribution in [0.1, 0.15) is 25.7 Å². The van der Waals surface area contributed by atoms with E-state index in [0.717, 1.165) is 65.3 Å². The van der Waals surface area contributed by atoms with Crippen molar-refractivity contribution >= 4 is 0 Å². The van der Waals surface area contributed by atoms with Gasteiger partial charge in [0.25, 0.3) is 0 Å². The summed E-state index contributed by atoms with van der Waals surface area (Å²) >= 11 is 0. The first-order valence-electron chi connectivity index (χ1n) is 7.07. The SMILES string of the molecule is C1COC(CNC2CCC3(CC2)OCCO3)CO1. The monoisotopic (exact) mass is 257 g/mol. The van der Waals surface area contributed by atoms with Crippen LogP contribution < -0.4 is 5.32 Å². The van der Waals surface area contributed by atoms with Crippen LogP contribution in [0.2, 0.25) is 0 Å². The van der Waals surface area contributed by atoms with Gasteiger partial charge in [-0.25, -0.2) is 0 Å². The quantitative estimate of drug-likeness (QED) is 0.805. The Balaban J connectivity index is 1.37. The second-order valence-electron chi connectivity index (χ2n) is 5.36. The Labute approximate surface area is 108 Å². The maximum absolute atomic E-state index is 5.73. The molecule has 2 saturated heterocycles. The van der Waals surface area contributed by atoms with Crippen LogP contribution in [0.3, 0.4) is 0 Å². The molecule has 18 heavy (non-hydrogen) atoms. The highest BCUT2D eigenvalue weighted by molar-refractivity contribution is 4.86. The van der Waals surface area contributed by atoms with Crippen molar-refractivity contribution in [2.75, 3.05) is 39.6 Å². The first-order valence-corrected chi connectivity index (χ1v) is 7.07. The zero-order chi connectivity index (χ0) is 12.3. The topological polar surface area (TPSA) is 49.0 Å². The maximum Gasteiger partial charge on any atom is 0.168 e. The summed E-state index contributed by atoms with van der Waals surface area (Å²) in [6, 6.07) is 0.564. The Kier molecular flexibility index (Phi) is 4.16. The molecule has 3 fully saturated rings. The largest absolute Gasteiger partial charge is 0.376 e. The van der Waals surface area contributed by atoms with E-state index in [0.29, 0.717) is 6.04 Å². The lowest BCUT2D eigenvalue weighted by Crippen LogP contribution is -2.46. The standard InChI is InChI=1S/C13H23NO4/c1-3-13(17-7-8-18-13)4-2-11(1)14-9-12-10-15-5-6-16-12/h11-12,14H,1-10H2. The van der Waals surface area contributed by atoms with Crippen LogP contribution >= 0.6 is 0 Å². The van der Waals surface area contributed by atoms with E-state index >= 15 is 0 Å². The van der Waals surface area contributed by atoms with Crippen molar-refractivity contribution < 1.29 is 18.9 Å². The molecular formula is C13H23NO4. The number of nitrogens with one attached hydrogen (secondary N) is 1. The van der Waals surface area contributed by atoms with E-state index in [9.17, 15) is 0 Å². The Hall–Kier alpha value is -0.200. The molecule has 104 valence electrons. The maximum atomic E-state index is 5.73. The van der Waals surface area contributed by atoms with E-state index < -0.39 is 0 Å². The number of hydrogen-bond donors (Lipinski definition) is 1. The minimum atomic E-state index is -0.247. The van der Waals surface area contributed by atoms with E-state index in [1.807, 2.05) is 0 Å². The molecule has 0 aromatic heterocycles. The van der Waals surface area contributed by atoms with Gasteiger partial charge in [0, 0.05) is 25.4 Å². The predicted molar refractivity (Wildman–Crippen MR) is 65.5 cm³/mol. The predicted octanol–water partition coefficient (Wildman–Crippen LogP) is 0.677. The van der Waals surface area contributed by atoms with Crippen molar-refractivity contribution in [3.8, 4) is 0 Å². The number of ether oxygens (including phenoxy) is 4. The fraction of sp³-hybridized carbons (Fsp3) is 1.00. The Morgan fingerprint density at radius 3 is 2.44 bits per heavy atom. The van der Waals surface area contributed by atoms with E-state index in [1.54, 1.807) is 0 Å². The minimum Gasteiger partial charge on any atom is -0.376 e. The summed E-state index contributed by atoms with van der Waals surface area (Å²) in [6.07, 6.45) is 4.47. The third-order valence-electron chi connectivity index (χ3n) is 4.08. The zero-order valence-electron chi connectivity index (χ0n) is 10.9. The van der Waals surface area contributed by atoms with Gasteiger partial charge >= 0.3 is 0 Å². The van der Waals surface area contributed by atoms with Crippen molar-refractivity contribution in [3.05, 3.63) is 0 Å². The minimum absolute atomic E-state index is 0.216. The molecule has 1 saturated carbocycles. The Morgan fingerprint density at radius 2 is 1.78 bits per heavy atom. The summed E-state index contributed by atoms with van der Waals surface area (Å²) in [5.41, 5.74) is 0. The van der Waals surface area contributed by atoms with Crippen LogP contribution in [0.4, 0.5) is 0 Å². The molecule has 1 unspecified atom stereocenters. The van der Waals surface area contributed by atoms with Crippen molar-refractivity contribution in [1.82, 2.24) is 5.32 Å². The van der Waals surface area contributed by atoms with Gasteiger partial charge in [-0.2, -0.15) is 0 Å².